The maximum atomic E-state index is 13.4. The fourth-order valence-electron chi connectivity index (χ4n) is 2.52. The van der Waals surface area contributed by atoms with Gasteiger partial charge < -0.3 is 10.1 Å². The van der Waals surface area contributed by atoms with Crippen molar-refractivity contribution in [3.8, 4) is 5.75 Å². The molecule has 21 heavy (non-hydrogen) atoms. The van der Waals surface area contributed by atoms with Crippen LogP contribution in [0.4, 0.5) is 10.1 Å². The summed E-state index contributed by atoms with van der Waals surface area (Å²) in [7, 11) is -1.88. The van der Waals surface area contributed by atoms with Crippen LogP contribution in [0.25, 0.3) is 0 Å². The Kier molecular flexibility index (Phi) is 3.33. The molecular weight excluding hydrogens is 293 g/mol. The lowest BCUT2D eigenvalue weighted by Crippen LogP contribution is -2.13. The summed E-state index contributed by atoms with van der Waals surface area (Å²) in [5, 5.41) is 3.13. The maximum absolute atomic E-state index is 13.4. The summed E-state index contributed by atoms with van der Waals surface area (Å²) >= 11 is 0. The van der Waals surface area contributed by atoms with Gasteiger partial charge in [0.05, 0.1) is 23.8 Å². The Hall–Kier alpha value is -2.08. The highest BCUT2D eigenvalue weighted by molar-refractivity contribution is 7.91. The molecule has 4 nitrogen and oxygen atoms in total. The SMILES string of the molecule is COc1cc(NC2CS(=O)(=O)c3ccccc32)ccc1F. The van der Waals surface area contributed by atoms with Crippen molar-refractivity contribution < 1.29 is 17.5 Å². The second-order valence-corrected chi connectivity index (χ2v) is 6.87. The first kappa shape index (κ1) is 13.9. The van der Waals surface area contributed by atoms with Crippen LogP contribution in [0.3, 0.4) is 0 Å². The molecule has 3 rings (SSSR count). The number of hydrogen-bond donors (Lipinski definition) is 1. The van der Waals surface area contributed by atoms with Crippen molar-refractivity contribution in [2.45, 2.75) is 10.9 Å². The molecule has 0 aromatic heterocycles. The van der Waals surface area contributed by atoms with Crippen LogP contribution in [0.2, 0.25) is 0 Å². The first-order valence-electron chi connectivity index (χ1n) is 6.43. The monoisotopic (exact) mass is 307 g/mol. The highest BCUT2D eigenvalue weighted by Crippen LogP contribution is 2.36. The lowest BCUT2D eigenvalue weighted by atomic mass is 10.1. The van der Waals surface area contributed by atoms with E-state index in [9.17, 15) is 12.8 Å². The Morgan fingerprint density at radius 1 is 1.24 bits per heavy atom. The van der Waals surface area contributed by atoms with Gasteiger partial charge in [-0.3, -0.25) is 0 Å². The third-order valence-corrected chi connectivity index (χ3v) is 5.32. The molecule has 110 valence electrons. The number of rotatable bonds is 3. The summed E-state index contributed by atoms with van der Waals surface area (Å²) in [4.78, 5) is 0.358. The zero-order valence-electron chi connectivity index (χ0n) is 11.3. The first-order valence-corrected chi connectivity index (χ1v) is 8.08. The van der Waals surface area contributed by atoms with Gasteiger partial charge in [-0.1, -0.05) is 18.2 Å². The summed E-state index contributed by atoms with van der Waals surface area (Å²) in [6.45, 7) is 0. The molecule has 1 aliphatic heterocycles. The third-order valence-electron chi connectivity index (χ3n) is 3.51. The van der Waals surface area contributed by atoms with Crippen LogP contribution in [0, 0.1) is 5.82 Å². The van der Waals surface area contributed by atoms with Gasteiger partial charge in [0.15, 0.2) is 21.4 Å². The van der Waals surface area contributed by atoms with E-state index in [4.69, 9.17) is 4.74 Å². The van der Waals surface area contributed by atoms with E-state index in [0.717, 1.165) is 5.56 Å². The zero-order valence-corrected chi connectivity index (χ0v) is 12.2. The Morgan fingerprint density at radius 3 is 2.76 bits per heavy atom. The molecule has 0 spiro atoms. The van der Waals surface area contributed by atoms with E-state index in [0.29, 0.717) is 10.6 Å². The topological polar surface area (TPSA) is 55.4 Å². The summed E-state index contributed by atoms with van der Waals surface area (Å²) in [6, 6.07) is 10.9. The molecule has 2 aromatic carbocycles. The van der Waals surface area contributed by atoms with Crippen LogP contribution in [0.15, 0.2) is 47.4 Å². The smallest absolute Gasteiger partial charge is 0.181 e. The first-order chi connectivity index (χ1) is 10.0. The van der Waals surface area contributed by atoms with E-state index >= 15 is 0 Å². The Bertz CT molecular complexity index is 789. The lowest BCUT2D eigenvalue weighted by Gasteiger charge is -2.15. The van der Waals surface area contributed by atoms with E-state index in [1.165, 1.54) is 19.2 Å². The van der Waals surface area contributed by atoms with E-state index in [-0.39, 0.29) is 17.5 Å². The number of methoxy groups -OCH3 is 1. The Morgan fingerprint density at radius 2 is 2.00 bits per heavy atom. The zero-order chi connectivity index (χ0) is 15.0. The molecule has 1 aliphatic rings. The molecule has 1 heterocycles. The summed E-state index contributed by atoms with van der Waals surface area (Å²) < 4.78 is 42.5. The van der Waals surface area contributed by atoms with Crippen LogP contribution in [0.5, 0.6) is 5.75 Å². The summed E-state index contributed by atoms with van der Waals surface area (Å²) in [5.74, 6) is -0.344. The lowest BCUT2D eigenvalue weighted by molar-refractivity contribution is 0.387. The van der Waals surface area contributed by atoms with Crippen molar-refractivity contribution in [2.24, 2.45) is 0 Å². The number of nitrogens with one attached hydrogen (secondary N) is 1. The number of benzene rings is 2. The average molecular weight is 307 g/mol. The van der Waals surface area contributed by atoms with Gasteiger partial charge in [-0.05, 0) is 23.8 Å². The van der Waals surface area contributed by atoms with Crippen LogP contribution < -0.4 is 10.1 Å². The van der Waals surface area contributed by atoms with Crippen molar-refractivity contribution in [2.75, 3.05) is 18.2 Å². The van der Waals surface area contributed by atoms with E-state index in [1.807, 2.05) is 0 Å². The largest absolute Gasteiger partial charge is 0.494 e. The fraction of sp³-hybridized carbons (Fsp3) is 0.200. The van der Waals surface area contributed by atoms with Crippen molar-refractivity contribution in [3.05, 3.63) is 53.8 Å². The van der Waals surface area contributed by atoms with Gasteiger partial charge in [-0.2, -0.15) is 0 Å². The molecule has 0 aliphatic carbocycles. The van der Waals surface area contributed by atoms with Gasteiger partial charge in [0.25, 0.3) is 0 Å². The van der Waals surface area contributed by atoms with Crippen molar-refractivity contribution >= 4 is 15.5 Å². The van der Waals surface area contributed by atoms with E-state index < -0.39 is 15.7 Å². The van der Waals surface area contributed by atoms with E-state index in [1.54, 1.807) is 30.3 Å². The van der Waals surface area contributed by atoms with Crippen molar-refractivity contribution in [3.63, 3.8) is 0 Å². The standard InChI is InChI=1S/C15H14FNO3S/c1-20-14-8-10(6-7-12(14)16)17-13-9-21(18,19)15-5-3-2-4-11(13)15/h2-8,13,17H,9H2,1H3. The van der Waals surface area contributed by atoms with Gasteiger partial charge in [-0.25, -0.2) is 12.8 Å². The number of hydrogen-bond acceptors (Lipinski definition) is 4. The summed E-state index contributed by atoms with van der Waals surface area (Å²) in [6.07, 6.45) is 0. The maximum Gasteiger partial charge on any atom is 0.181 e. The predicted molar refractivity (Wildman–Crippen MR) is 77.8 cm³/mol. The molecule has 6 heteroatoms. The molecule has 1 unspecified atom stereocenters. The minimum atomic E-state index is -3.27. The number of halogens is 1. The quantitative estimate of drug-likeness (QED) is 0.947. The van der Waals surface area contributed by atoms with Crippen molar-refractivity contribution in [1.29, 1.82) is 0 Å². The highest BCUT2D eigenvalue weighted by Gasteiger charge is 2.34. The molecule has 1 atom stereocenters. The summed E-state index contributed by atoms with van der Waals surface area (Å²) in [5.41, 5.74) is 1.35. The molecule has 0 saturated heterocycles. The number of fused-ring (bicyclic) bond motifs is 1. The van der Waals surface area contributed by atoms with Crippen LogP contribution >= 0.6 is 0 Å². The fourth-order valence-corrected chi connectivity index (χ4v) is 4.26. The Balaban J connectivity index is 1.94. The predicted octanol–water partition coefficient (Wildman–Crippen LogP) is 2.77. The average Bonchev–Trinajstić information content (AvgIpc) is 2.73. The van der Waals surface area contributed by atoms with Crippen LogP contribution in [-0.4, -0.2) is 21.3 Å². The van der Waals surface area contributed by atoms with Gasteiger partial charge >= 0.3 is 0 Å². The third kappa shape index (κ3) is 2.47. The molecule has 0 amide bonds. The van der Waals surface area contributed by atoms with Gasteiger partial charge in [0.1, 0.15) is 0 Å². The molecule has 2 aromatic rings. The van der Waals surface area contributed by atoms with Crippen LogP contribution in [0.1, 0.15) is 11.6 Å². The molecule has 0 fully saturated rings. The second-order valence-electron chi connectivity index (χ2n) is 4.87. The van der Waals surface area contributed by atoms with Gasteiger partial charge in [0.2, 0.25) is 0 Å². The molecule has 1 N–H and O–H groups in total. The van der Waals surface area contributed by atoms with E-state index in [2.05, 4.69) is 5.32 Å². The number of sulfone groups is 1. The molecule has 0 radical (unpaired) electrons. The number of ether oxygens (including phenoxy) is 1. The minimum Gasteiger partial charge on any atom is -0.494 e. The Labute approximate surface area is 122 Å². The van der Waals surface area contributed by atoms with Crippen molar-refractivity contribution in [1.82, 2.24) is 0 Å². The molecular formula is C15H14FNO3S. The minimum absolute atomic E-state index is 0.00790. The molecule has 0 saturated carbocycles. The van der Waals surface area contributed by atoms with Gasteiger partial charge in [-0.15, -0.1) is 0 Å². The number of anilines is 1. The van der Waals surface area contributed by atoms with Crippen LogP contribution in [-0.2, 0) is 9.84 Å². The highest BCUT2D eigenvalue weighted by atomic mass is 32.2. The molecule has 0 bridgehead atoms. The second kappa shape index (κ2) is 5.04. The normalized spacial score (nSPS) is 19.0. The van der Waals surface area contributed by atoms with Gasteiger partial charge in [0, 0.05) is 11.8 Å².